The number of nitrogens with one attached hydrogen (secondary N) is 1. The first-order valence-corrected chi connectivity index (χ1v) is 9.01. The number of ether oxygens (including phenoxy) is 2. The summed E-state index contributed by atoms with van der Waals surface area (Å²) in [5.74, 6) is -0.297. The molecule has 146 valence electrons. The van der Waals surface area contributed by atoms with Gasteiger partial charge in [-0.05, 0) is 41.5 Å². The summed E-state index contributed by atoms with van der Waals surface area (Å²) >= 11 is 0. The van der Waals surface area contributed by atoms with Crippen molar-refractivity contribution >= 4 is 29.7 Å². The van der Waals surface area contributed by atoms with Crippen molar-refractivity contribution in [2.24, 2.45) is 0 Å². The second-order valence-corrected chi connectivity index (χ2v) is 6.23. The van der Waals surface area contributed by atoms with Crippen LogP contribution in [0.5, 0.6) is 5.75 Å². The third kappa shape index (κ3) is 5.11. The van der Waals surface area contributed by atoms with Crippen molar-refractivity contribution in [2.45, 2.75) is 0 Å². The quantitative estimate of drug-likeness (QED) is 0.482. The first-order chi connectivity index (χ1) is 14.1. The number of rotatable bonds is 6. The largest absolute Gasteiger partial charge is 0.497 e. The van der Waals surface area contributed by atoms with Gasteiger partial charge in [0.25, 0.3) is 5.91 Å². The molecule has 5 nitrogen and oxygen atoms in total. The fourth-order valence-corrected chi connectivity index (χ4v) is 2.77. The molecule has 0 aliphatic rings. The number of hydrogen-bond acceptors (Lipinski definition) is 4. The molecule has 5 heteroatoms. The fourth-order valence-electron chi connectivity index (χ4n) is 2.77. The van der Waals surface area contributed by atoms with Crippen LogP contribution in [0.4, 0.5) is 5.69 Å². The summed E-state index contributed by atoms with van der Waals surface area (Å²) in [6, 6.07) is 21.8. The van der Waals surface area contributed by atoms with Crippen LogP contribution in [0.3, 0.4) is 0 Å². The van der Waals surface area contributed by atoms with Crippen LogP contribution >= 0.6 is 0 Å². The zero-order valence-electron chi connectivity index (χ0n) is 16.2. The highest BCUT2D eigenvalue weighted by Gasteiger charge is 2.16. The Balaban J connectivity index is 1.87. The Kier molecular flexibility index (Phi) is 6.43. The van der Waals surface area contributed by atoms with E-state index in [2.05, 4.69) is 5.32 Å². The van der Waals surface area contributed by atoms with Crippen LogP contribution in [0.2, 0.25) is 0 Å². The van der Waals surface area contributed by atoms with E-state index in [9.17, 15) is 9.59 Å². The topological polar surface area (TPSA) is 64.6 Å². The lowest BCUT2D eigenvalue weighted by Crippen LogP contribution is -2.15. The summed E-state index contributed by atoms with van der Waals surface area (Å²) in [6.07, 6.45) is 3.85. The van der Waals surface area contributed by atoms with Gasteiger partial charge in [0, 0.05) is 5.56 Å². The van der Waals surface area contributed by atoms with Crippen molar-refractivity contribution < 1.29 is 19.1 Å². The van der Waals surface area contributed by atoms with E-state index in [0.717, 1.165) is 11.1 Å². The van der Waals surface area contributed by atoms with Crippen LogP contribution < -0.4 is 10.1 Å². The SMILES string of the molecule is COC(=O)c1cc(/C=C/c2ccccc2)ccc1NC(=O)c1cccc(OC)c1. The molecule has 0 aromatic heterocycles. The standard InChI is InChI=1S/C24H21NO4/c1-28-20-10-6-9-19(16-20)23(26)25-22-14-13-18(15-21(22)24(27)29-2)12-11-17-7-4-3-5-8-17/h3-16H,1-2H3,(H,25,26)/b12-11+. The molecular formula is C24H21NO4. The lowest BCUT2D eigenvalue weighted by Gasteiger charge is -2.11. The zero-order valence-corrected chi connectivity index (χ0v) is 16.2. The summed E-state index contributed by atoms with van der Waals surface area (Å²) in [6.45, 7) is 0. The highest BCUT2D eigenvalue weighted by atomic mass is 16.5. The van der Waals surface area contributed by atoms with Crippen molar-refractivity contribution in [1.82, 2.24) is 0 Å². The minimum absolute atomic E-state index is 0.277. The average molecular weight is 387 g/mol. The second kappa shape index (κ2) is 9.37. The van der Waals surface area contributed by atoms with E-state index in [-0.39, 0.29) is 11.5 Å². The molecule has 0 aliphatic heterocycles. The van der Waals surface area contributed by atoms with Gasteiger partial charge in [0.05, 0.1) is 25.5 Å². The van der Waals surface area contributed by atoms with Crippen molar-refractivity contribution in [3.8, 4) is 5.75 Å². The summed E-state index contributed by atoms with van der Waals surface area (Å²) in [5, 5.41) is 2.77. The van der Waals surface area contributed by atoms with Gasteiger partial charge in [-0.1, -0.05) is 54.6 Å². The number of anilines is 1. The highest BCUT2D eigenvalue weighted by molar-refractivity contribution is 6.08. The van der Waals surface area contributed by atoms with E-state index in [0.29, 0.717) is 17.0 Å². The number of methoxy groups -OCH3 is 2. The summed E-state index contributed by atoms with van der Waals surface area (Å²) in [5.41, 5.74) is 2.94. The van der Waals surface area contributed by atoms with Gasteiger partial charge < -0.3 is 14.8 Å². The minimum Gasteiger partial charge on any atom is -0.497 e. The van der Waals surface area contributed by atoms with E-state index in [1.807, 2.05) is 48.6 Å². The van der Waals surface area contributed by atoms with Gasteiger partial charge in [-0.15, -0.1) is 0 Å². The third-order valence-corrected chi connectivity index (χ3v) is 4.30. The number of esters is 1. The number of benzene rings is 3. The molecule has 0 bridgehead atoms. The molecule has 29 heavy (non-hydrogen) atoms. The maximum atomic E-state index is 12.6. The highest BCUT2D eigenvalue weighted by Crippen LogP contribution is 2.22. The van der Waals surface area contributed by atoms with E-state index in [1.54, 1.807) is 36.4 Å². The molecule has 0 saturated carbocycles. The predicted molar refractivity (Wildman–Crippen MR) is 114 cm³/mol. The molecule has 0 unspecified atom stereocenters. The van der Waals surface area contributed by atoms with Crippen molar-refractivity contribution in [3.05, 3.63) is 95.1 Å². The molecule has 0 radical (unpaired) electrons. The molecule has 0 spiro atoms. The molecule has 0 aliphatic carbocycles. The number of carbonyl (C=O) groups is 2. The Morgan fingerprint density at radius 1 is 0.828 bits per heavy atom. The van der Waals surface area contributed by atoms with Gasteiger partial charge in [-0.2, -0.15) is 0 Å². The summed E-state index contributed by atoms with van der Waals surface area (Å²) in [7, 11) is 2.84. The van der Waals surface area contributed by atoms with Crippen LogP contribution in [0.1, 0.15) is 31.8 Å². The number of hydrogen-bond donors (Lipinski definition) is 1. The van der Waals surface area contributed by atoms with Crippen LogP contribution in [-0.2, 0) is 4.74 Å². The molecule has 0 fully saturated rings. The molecule has 3 rings (SSSR count). The van der Waals surface area contributed by atoms with Crippen LogP contribution in [-0.4, -0.2) is 26.1 Å². The van der Waals surface area contributed by atoms with Gasteiger partial charge in [0.1, 0.15) is 5.75 Å². The average Bonchev–Trinajstić information content (AvgIpc) is 2.78. The number of carbonyl (C=O) groups excluding carboxylic acids is 2. The van der Waals surface area contributed by atoms with Crippen LogP contribution in [0.15, 0.2) is 72.8 Å². The Morgan fingerprint density at radius 3 is 2.31 bits per heavy atom. The van der Waals surface area contributed by atoms with Gasteiger partial charge >= 0.3 is 5.97 Å². The second-order valence-electron chi connectivity index (χ2n) is 6.23. The molecule has 0 saturated heterocycles. The first-order valence-electron chi connectivity index (χ1n) is 9.01. The fraction of sp³-hybridized carbons (Fsp3) is 0.0833. The molecule has 1 N–H and O–H groups in total. The molecule has 1 amide bonds. The van der Waals surface area contributed by atoms with Crippen molar-refractivity contribution in [2.75, 3.05) is 19.5 Å². The Labute approximate surface area is 169 Å². The molecular weight excluding hydrogens is 366 g/mol. The summed E-state index contributed by atoms with van der Waals surface area (Å²) < 4.78 is 10.0. The molecule has 3 aromatic carbocycles. The van der Waals surface area contributed by atoms with Gasteiger partial charge in [0.2, 0.25) is 0 Å². The molecule has 0 heterocycles. The lowest BCUT2D eigenvalue weighted by atomic mass is 10.1. The minimum atomic E-state index is -0.527. The smallest absolute Gasteiger partial charge is 0.339 e. The predicted octanol–water partition coefficient (Wildman–Crippen LogP) is 4.90. The van der Waals surface area contributed by atoms with Crippen LogP contribution in [0.25, 0.3) is 12.2 Å². The van der Waals surface area contributed by atoms with Crippen molar-refractivity contribution in [1.29, 1.82) is 0 Å². The van der Waals surface area contributed by atoms with E-state index in [4.69, 9.17) is 9.47 Å². The normalized spacial score (nSPS) is 10.6. The monoisotopic (exact) mass is 387 g/mol. The maximum Gasteiger partial charge on any atom is 0.339 e. The van der Waals surface area contributed by atoms with Gasteiger partial charge in [0.15, 0.2) is 0 Å². The Bertz CT molecular complexity index is 1040. The van der Waals surface area contributed by atoms with Crippen molar-refractivity contribution in [3.63, 3.8) is 0 Å². The van der Waals surface area contributed by atoms with Gasteiger partial charge in [-0.25, -0.2) is 4.79 Å². The van der Waals surface area contributed by atoms with E-state index in [1.165, 1.54) is 14.2 Å². The molecule has 3 aromatic rings. The Hall–Kier alpha value is -3.86. The zero-order chi connectivity index (χ0) is 20.6. The Morgan fingerprint density at radius 2 is 1.59 bits per heavy atom. The van der Waals surface area contributed by atoms with E-state index >= 15 is 0 Å². The maximum absolute atomic E-state index is 12.6. The third-order valence-electron chi connectivity index (χ3n) is 4.30. The van der Waals surface area contributed by atoms with Crippen LogP contribution in [0, 0.1) is 0 Å². The summed E-state index contributed by atoms with van der Waals surface area (Å²) in [4.78, 5) is 24.9. The van der Waals surface area contributed by atoms with Gasteiger partial charge in [-0.3, -0.25) is 4.79 Å². The number of amides is 1. The lowest BCUT2D eigenvalue weighted by molar-refractivity contribution is 0.0602. The first kappa shape index (κ1) is 19.9. The molecule has 0 atom stereocenters. The van der Waals surface area contributed by atoms with E-state index < -0.39 is 5.97 Å².